The zero-order chi connectivity index (χ0) is 13.2. The van der Waals surface area contributed by atoms with Gasteiger partial charge in [0.15, 0.2) is 0 Å². The van der Waals surface area contributed by atoms with Crippen LogP contribution in [0.4, 0.5) is 0 Å². The van der Waals surface area contributed by atoms with Crippen LogP contribution in [0.15, 0.2) is 24.3 Å². The molecule has 0 radical (unpaired) electrons. The molecule has 0 aliphatic rings. The lowest BCUT2D eigenvalue weighted by atomic mass is 10.0. The minimum atomic E-state index is 0.649. The summed E-state index contributed by atoms with van der Waals surface area (Å²) in [7, 11) is 1.75. The summed E-state index contributed by atoms with van der Waals surface area (Å²) in [5, 5.41) is 3.68. The van der Waals surface area contributed by atoms with Gasteiger partial charge in [0.05, 0.1) is 6.61 Å². The Bertz CT molecular complexity index is 319. The molecule has 1 aromatic rings. The number of hydrogen-bond donors (Lipinski definition) is 1. The van der Waals surface area contributed by atoms with E-state index in [0.29, 0.717) is 12.6 Å². The van der Waals surface area contributed by atoms with Gasteiger partial charge in [-0.25, -0.2) is 0 Å². The van der Waals surface area contributed by atoms with E-state index in [9.17, 15) is 0 Å². The standard InChI is InChI=1S/C16H27NO/c1-4-8-16(9-5-2)17-12-14-10-6-7-11-15(14)13-18-3/h6-7,10-11,16-17H,4-5,8-9,12-13H2,1-3H3. The van der Waals surface area contributed by atoms with Crippen molar-refractivity contribution in [2.75, 3.05) is 7.11 Å². The monoisotopic (exact) mass is 249 g/mol. The van der Waals surface area contributed by atoms with Crippen molar-refractivity contribution < 1.29 is 4.74 Å². The molecule has 0 aromatic heterocycles. The quantitative estimate of drug-likeness (QED) is 0.717. The Hall–Kier alpha value is -0.860. The van der Waals surface area contributed by atoms with Gasteiger partial charge in [-0.15, -0.1) is 0 Å². The predicted octanol–water partition coefficient (Wildman–Crippen LogP) is 3.89. The first kappa shape index (κ1) is 15.2. The van der Waals surface area contributed by atoms with Gasteiger partial charge in [0.25, 0.3) is 0 Å². The highest BCUT2D eigenvalue weighted by molar-refractivity contribution is 5.26. The molecule has 0 heterocycles. The van der Waals surface area contributed by atoms with Gasteiger partial charge in [-0.1, -0.05) is 51.0 Å². The maximum Gasteiger partial charge on any atom is 0.0716 e. The van der Waals surface area contributed by atoms with Crippen molar-refractivity contribution in [2.24, 2.45) is 0 Å². The second-order valence-corrected chi connectivity index (χ2v) is 4.86. The predicted molar refractivity (Wildman–Crippen MR) is 77.6 cm³/mol. The third-order valence-electron chi connectivity index (χ3n) is 3.27. The van der Waals surface area contributed by atoms with E-state index in [1.54, 1.807) is 7.11 Å². The van der Waals surface area contributed by atoms with Gasteiger partial charge in [-0.05, 0) is 24.0 Å². The van der Waals surface area contributed by atoms with E-state index in [4.69, 9.17) is 4.74 Å². The fourth-order valence-corrected chi connectivity index (χ4v) is 2.33. The average molecular weight is 249 g/mol. The largest absolute Gasteiger partial charge is 0.380 e. The molecule has 1 aromatic carbocycles. The summed E-state index contributed by atoms with van der Waals surface area (Å²) in [5.74, 6) is 0. The summed E-state index contributed by atoms with van der Waals surface area (Å²) in [4.78, 5) is 0. The van der Waals surface area contributed by atoms with Crippen LogP contribution in [-0.2, 0) is 17.9 Å². The molecule has 102 valence electrons. The molecule has 0 unspecified atom stereocenters. The second kappa shape index (κ2) is 9.12. The van der Waals surface area contributed by atoms with Crippen molar-refractivity contribution in [2.45, 2.75) is 58.7 Å². The molecule has 0 amide bonds. The van der Waals surface area contributed by atoms with E-state index in [1.165, 1.54) is 36.8 Å². The summed E-state index contributed by atoms with van der Waals surface area (Å²) >= 11 is 0. The van der Waals surface area contributed by atoms with Gasteiger partial charge in [-0.2, -0.15) is 0 Å². The SMILES string of the molecule is CCCC(CCC)NCc1ccccc1COC. The molecule has 0 atom stereocenters. The highest BCUT2D eigenvalue weighted by atomic mass is 16.5. The molecule has 1 rings (SSSR count). The number of benzene rings is 1. The second-order valence-electron chi connectivity index (χ2n) is 4.86. The van der Waals surface area contributed by atoms with Gasteiger partial charge < -0.3 is 10.1 Å². The van der Waals surface area contributed by atoms with Crippen LogP contribution in [0.2, 0.25) is 0 Å². The summed E-state index contributed by atoms with van der Waals surface area (Å²) < 4.78 is 5.24. The molecule has 0 spiro atoms. The Kier molecular flexibility index (Phi) is 7.70. The van der Waals surface area contributed by atoms with Crippen molar-refractivity contribution in [3.63, 3.8) is 0 Å². The van der Waals surface area contributed by atoms with Gasteiger partial charge in [-0.3, -0.25) is 0 Å². The average Bonchev–Trinajstić information content (AvgIpc) is 2.38. The van der Waals surface area contributed by atoms with Crippen LogP contribution in [0.25, 0.3) is 0 Å². The summed E-state index contributed by atoms with van der Waals surface area (Å²) in [6.45, 7) is 6.15. The zero-order valence-electron chi connectivity index (χ0n) is 12.0. The maximum atomic E-state index is 5.24. The Balaban J connectivity index is 2.54. The van der Waals surface area contributed by atoms with Crippen LogP contribution in [0.3, 0.4) is 0 Å². The van der Waals surface area contributed by atoms with Crippen molar-refractivity contribution >= 4 is 0 Å². The van der Waals surface area contributed by atoms with Crippen LogP contribution >= 0.6 is 0 Å². The molecular weight excluding hydrogens is 222 g/mol. The highest BCUT2D eigenvalue weighted by Gasteiger charge is 2.07. The molecule has 2 nitrogen and oxygen atoms in total. The number of methoxy groups -OCH3 is 1. The van der Waals surface area contributed by atoms with E-state index < -0.39 is 0 Å². The van der Waals surface area contributed by atoms with Crippen molar-refractivity contribution in [3.8, 4) is 0 Å². The van der Waals surface area contributed by atoms with E-state index in [2.05, 4.69) is 43.4 Å². The van der Waals surface area contributed by atoms with Gasteiger partial charge in [0.2, 0.25) is 0 Å². The third-order valence-corrected chi connectivity index (χ3v) is 3.27. The lowest BCUT2D eigenvalue weighted by Gasteiger charge is -2.18. The van der Waals surface area contributed by atoms with Crippen LogP contribution < -0.4 is 5.32 Å². The summed E-state index contributed by atoms with van der Waals surface area (Å²) in [5.41, 5.74) is 2.65. The Labute approximate surface area is 112 Å². The normalized spacial score (nSPS) is 11.1. The molecule has 0 saturated carbocycles. The molecule has 18 heavy (non-hydrogen) atoms. The summed E-state index contributed by atoms with van der Waals surface area (Å²) in [6, 6.07) is 9.17. The molecule has 0 saturated heterocycles. The number of rotatable bonds is 9. The van der Waals surface area contributed by atoms with Crippen molar-refractivity contribution in [1.82, 2.24) is 5.32 Å². The van der Waals surface area contributed by atoms with E-state index >= 15 is 0 Å². The minimum absolute atomic E-state index is 0.649. The third kappa shape index (κ3) is 5.19. The first-order valence-electron chi connectivity index (χ1n) is 7.10. The number of ether oxygens (including phenoxy) is 1. The van der Waals surface area contributed by atoms with E-state index in [0.717, 1.165) is 6.54 Å². The molecule has 0 aliphatic carbocycles. The molecule has 2 heteroatoms. The first-order valence-corrected chi connectivity index (χ1v) is 7.10. The van der Waals surface area contributed by atoms with Crippen LogP contribution in [-0.4, -0.2) is 13.2 Å². The smallest absolute Gasteiger partial charge is 0.0716 e. The summed E-state index contributed by atoms with van der Waals surface area (Å²) in [6.07, 6.45) is 5.02. The van der Waals surface area contributed by atoms with E-state index in [-0.39, 0.29) is 0 Å². The van der Waals surface area contributed by atoms with Crippen LogP contribution in [0, 0.1) is 0 Å². The molecule has 0 fully saturated rings. The van der Waals surface area contributed by atoms with Gasteiger partial charge in [0.1, 0.15) is 0 Å². The molecular formula is C16H27NO. The van der Waals surface area contributed by atoms with Gasteiger partial charge in [0, 0.05) is 19.7 Å². The first-order chi connectivity index (χ1) is 8.81. The van der Waals surface area contributed by atoms with Crippen molar-refractivity contribution in [1.29, 1.82) is 0 Å². The highest BCUT2D eigenvalue weighted by Crippen LogP contribution is 2.11. The maximum absolute atomic E-state index is 5.24. The molecule has 0 bridgehead atoms. The van der Waals surface area contributed by atoms with Crippen molar-refractivity contribution in [3.05, 3.63) is 35.4 Å². The fourth-order valence-electron chi connectivity index (χ4n) is 2.33. The lowest BCUT2D eigenvalue weighted by molar-refractivity contribution is 0.184. The Morgan fingerprint density at radius 3 is 2.22 bits per heavy atom. The molecule has 0 aliphatic heterocycles. The number of nitrogens with one attached hydrogen (secondary N) is 1. The topological polar surface area (TPSA) is 21.3 Å². The Morgan fingerprint density at radius 1 is 1.06 bits per heavy atom. The fraction of sp³-hybridized carbons (Fsp3) is 0.625. The van der Waals surface area contributed by atoms with Crippen LogP contribution in [0.1, 0.15) is 50.7 Å². The molecule has 1 N–H and O–H groups in total. The van der Waals surface area contributed by atoms with E-state index in [1.807, 2.05) is 0 Å². The number of hydrogen-bond acceptors (Lipinski definition) is 2. The zero-order valence-corrected chi connectivity index (χ0v) is 12.0. The van der Waals surface area contributed by atoms with Gasteiger partial charge >= 0.3 is 0 Å². The van der Waals surface area contributed by atoms with Crippen LogP contribution in [0.5, 0.6) is 0 Å². The Morgan fingerprint density at radius 2 is 1.67 bits per heavy atom. The lowest BCUT2D eigenvalue weighted by Crippen LogP contribution is -2.28. The minimum Gasteiger partial charge on any atom is -0.380 e.